The van der Waals surface area contributed by atoms with Crippen molar-refractivity contribution in [1.29, 1.82) is 0 Å². The van der Waals surface area contributed by atoms with Crippen molar-refractivity contribution in [2.45, 2.75) is 59.1 Å². The molecule has 8 heterocycles. The van der Waals surface area contributed by atoms with Gasteiger partial charge in [0.2, 0.25) is 0 Å². The van der Waals surface area contributed by atoms with Crippen LogP contribution in [0.25, 0.3) is 66.9 Å². The number of aryl methyl sites for hydroxylation is 4. The Hall–Kier alpha value is -13.8. The molecule has 1 aliphatic heterocycles. The molecule has 0 radical (unpaired) electrons. The molecule has 26 nitrogen and oxygen atoms in total. The molecule has 576 valence electrons. The molecular formula is C87H90N18O8. The van der Waals surface area contributed by atoms with Crippen molar-refractivity contribution >= 4 is 73.3 Å². The van der Waals surface area contributed by atoms with Crippen molar-refractivity contribution in [1.82, 2.24) is 69.1 Å². The number of hydrogen-bond acceptors (Lipinski definition) is 22. The highest BCUT2D eigenvalue weighted by molar-refractivity contribution is 5.86. The maximum absolute atomic E-state index is 12.5. The Balaban J connectivity index is 0.000000158. The molecule has 6 aromatic carbocycles. The molecule has 0 saturated carbocycles. The summed E-state index contributed by atoms with van der Waals surface area (Å²) in [6, 6.07) is 39.0. The van der Waals surface area contributed by atoms with E-state index in [2.05, 4.69) is 74.6 Å². The molecule has 0 spiro atoms. The van der Waals surface area contributed by atoms with Crippen LogP contribution in [0, 0.1) is 48.9 Å². The van der Waals surface area contributed by atoms with Gasteiger partial charge in [-0.15, -0.1) is 6.42 Å². The Morgan fingerprint density at radius 1 is 0.504 bits per heavy atom. The SMILES string of the molecule is C#CCN(c1cc(OC)cc(OC)c1)c1ccc2ncc(-c3cnn(CCCN)c3)nc2c1.COc1cc(OC)cc(N(CC#CC2CCN(C(=O)OC(C)(C)C)CC2)c2ccc3ncc(-c4cnn(C)c4)nc3c2)c1.COc1cc(OC)cc(N(CC#Cc2cc(C)ccn2)c2ccc3ncc(-c4cnn(C)c4)nc3c2)c1. The van der Waals surface area contributed by atoms with Gasteiger partial charge in [0, 0.05) is 170 Å². The quantitative estimate of drug-likeness (QED) is 0.0655. The van der Waals surface area contributed by atoms with Crippen LogP contribution in [-0.2, 0) is 25.4 Å². The van der Waals surface area contributed by atoms with Gasteiger partial charge in [-0.3, -0.25) is 29.0 Å². The highest BCUT2D eigenvalue weighted by Gasteiger charge is 2.27. The van der Waals surface area contributed by atoms with E-state index in [-0.39, 0.29) is 12.0 Å². The third kappa shape index (κ3) is 20.4. The zero-order chi connectivity index (χ0) is 79.5. The second-order valence-corrected chi connectivity index (χ2v) is 27.5. The molecule has 1 amide bonds. The monoisotopic (exact) mass is 1510 g/mol. The summed E-state index contributed by atoms with van der Waals surface area (Å²) in [5.41, 5.74) is 21.9. The number of amides is 1. The number of anilines is 6. The minimum Gasteiger partial charge on any atom is -0.497 e. The predicted octanol–water partition coefficient (Wildman–Crippen LogP) is 14.4. The van der Waals surface area contributed by atoms with Crippen molar-refractivity contribution in [3.8, 4) is 104 Å². The molecule has 0 aliphatic carbocycles. The molecule has 26 heteroatoms. The molecular weight excluding hydrogens is 1430 g/mol. The van der Waals surface area contributed by atoms with Crippen LogP contribution in [0.1, 0.15) is 51.3 Å². The highest BCUT2D eigenvalue weighted by atomic mass is 16.6. The van der Waals surface area contributed by atoms with Crippen LogP contribution in [0.4, 0.5) is 38.9 Å². The first kappa shape index (κ1) is 78.8. The third-order valence-electron chi connectivity index (χ3n) is 18.3. The number of piperidine rings is 1. The Morgan fingerprint density at radius 3 is 1.31 bits per heavy atom. The van der Waals surface area contributed by atoms with Crippen LogP contribution < -0.4 is 48.9 Å². The molecule has 1 saturated heterocycles. The van der Waals surface area contributed by atoms with Crippen LogP contribution in [0.5, 0.6) is 34.5 Å². The molecule has 13 aromatic rings. The average Bonchev–Trinajstić information content (AvgIpc) is 1.58. The van der Waals surface area contributed by atoms with E-state index < -0.39 is 5.60 Å². The number of pyridine rings is 1. The number of aromatic nitrogens is 13. The molecule has 0 atom stereocenters. The number of nitrogens with zero attached hydrogens (tertiary/aromatic N) is 17. The number of fused-ring (bicyclic) bond motifs is 3. The average molecular weight is 1520 g/mol. The number of carbonyl (C=O) groups excluding carboxylic acids is 1. The van der Waals surface area contributed by atoms with Crippen molar-refractivity contribution in [3.63, 3.8) is 0 Å². The van der Waals surface area contributed by atoms with Crippen molar-refractivity contribution in [2.75, 3.05) is 96.6 Å². The van der Waals surface area contributed by atoms with Gasteiger partial charge in [0.05, 0.1) is 150 Å². The zero-order valence-electron chi connectivity index (χ0n) is 65.5. The third-order valence-corrected chi connectivity index (χ3v) is 18.3. The fraction of sp³-hybridized carbons (Fsp3) is 0.276. The van der Waals surface area contributed by atoms with E-state index in [4.69, 9.17) is 60.3 Å². The van der Waals surface area contributed by atoms with Crippen molar-refractivity contribution < 1.29 is 38.0 Å². The lowest BCUT2D eigenvalue weighted by Crippen LogP contribution is -2.41. The lowest BCUT2D eigenvalue weighted by Gasteiger charge is -2.32. The van der Waals surface area contributed by atoms with Gasteiger partial charge in [-0.2, -0.15) is 15.3 Å². The predicted molar refractivity (Wildman–Crippen MR) is 441 cm³/mol. The first-order valence-corrected chi connectivity index (χ1v) is 36.6. The Morgan fingerprint density at radius 2 is 0.920 bits per heavy atom. The van der Waals surface area contributed by atoms with Gasteiger partial charge in [-0.05, 0) is 132 Å². The minimum absolute atomic E-state index is 0.199. The van der Waals surface area contributed by atoms with Gasteiger partial charge in [0.15, 0.2) is 0 Å². The van der Waals surface area contributed by atoms with E-state index in [1.165, 1.54) is 0 Å². The maximum atomic E-state index is 12.5. The number of hydrogen-bond donors (Lipinski definition) is 1. The summed E-state index contributed by atoms with van der Waals surface area (Å²) < 4.78 is 43.9. The van der Waals surface area contributed by atoms with E-state index in [0.717, 1.165) is 138 Å². The summed E-state index contributed by atoms with van der Waals surface area (Å²) >= 11 is 0. The van der Waals surface area contributed by atoms with Gasteiger partial charge >= 0.3 is 6.09 Å². The fourth-order valence-electron chi connectivity index (χ4n) is 12.4. The van der Waals surface area contributed by atoms with Crippen LogP contribution >= 0.6 is 0 Å². The first-order valence-electron chi connectivity index (χ1n) is 36.6. The molecule has 1 aliphatic rings. The fourth-order valence-corrected chi connectivity index (χ4v) is 12.4. The largest absolute Gasteiger partial charge is 0.497 e. The lowest BCUT2D eigenvalue weighted by atomic mass is 9.98. The van der Waals surface area contributed by atoms with E-state index in [1.807, 2.05) is 191 Å². The summed E-state index contributed by atoms with van der Waals surface area (Å²) in [5, 5.41) is 12.9. The smallest absolute Gasteiger partial charge is 0.410 e. The molecule has 1 fully saturated rings. The number of likely N-dealkylation sites (tertiary alicyclic amines) is 1. The number of benzene rings is 6. The standard InChI is InChI=1S/C33H38N6O4.C29H26N6O2.C25H26N6O2/c1-33(2,3)43-32(40)38-14-11-23(12-15-38)8-7-13-39(26-16-27(41-5)19-28(17-26)42-6)25-9-10-29-30(18-25)36-31(21-34-29)24-20-35-37(4)22-24;1-20-9-10-30-22(12-20)6-5-11-35(24-13-25(36-3)16-26(14-24)37-4)23-7-8-27-28(15-23)33-29(18-31-27)21-17-32-34(2)19-21;1-4-9-31(20-11-21(32-2)14-22(12-20)33-3)19-6-7-23-24(13-19)29-25(16-27-23)18-15-28-30(17-18)10-5-8-26/h9-10,16-23H,11-15H2,1-6H3;7-10,12-19H,11H2,1-4H3;1,6-7,11-17H,5,8-10,26H2,2-3H3. The van der Waals surface area contributed by atoms with Gasteiger partial charge in [-0.25, -0.2) is 24.7 Å². The van der Waals surface area contributed by atoms with Crippen molar-refractivity contribution in [3.05, 3.63) is 195 Å². The van der Waals surface area contributed by atoms with Gasteiger partial charge < -0.3 is 58.5 Å². The number of ether oxygens (including phenoxy) is 7. The van der Waals surface area contributed by atoms with Crippen LogP contribution in [0.15, 0.2) is 183 Å². The number of terminal acetylenes is 1. The Kier molecular flexibility index (Phi) is 25.5. The topological polar surface area (TPSA) is 264 Å². The molecule has 113 heavy (non-hydrogen) atoms. The number of carbonyl (C=O) groups is 1. The zero-order valence-corrected chi connectivity index (χ0v) is 65.5. The van der Waals surface area contributed by atoms with Gasteiger partial charge in [0.25, 0.3) is 0 Å². The second kappa shape index (κ2) is 36.6. The summed E-state index contributed by atoms with van der Waals surface area (Å²) in [7, 11) is 13.5. The molecule has 0 unspecified atom stereocenters. The summed E-state index contributed by atoms with van der Waals surface area (Å²) in [6.45, 7) is 11.5. The van der Waals surface area contributed by atoms with Gasteiger partial charge in [-0.1, -0.05) is 23.7 Å². The van der Waals surface area contributed by atoms with E-state index >= 15 is 0 Å². The molecule has 0 bridgehead atoms. The van der Waals surface area contributed by atoms with Crippen LogP contribution in [0.2, 0.25) is 0 Å². The molecule has 14 rings (SSSR count). The first-order chi connectivity index (χ1) is 54.8. The number of nitrogens with two attached hydrogens (primary N) is 1. The van der Waals surface area contributed by atoms with E-state index in [1.54, 1.807) is 100 Å². The van der Waals surface area contributed by atoms with Crippen molar-refractivity contribution in [2.24, 2.45) is 25.7 Å². The molecule has 7 aromatic heterocycles. The second-order valence-electron chi connectivity index (χ2n) is 27.5. The van der Waals surface area contributed by atoms with E-state index in [0.29, 0.717) is 73.8 Å². The normalized spacial score (nSPS) is 11.8. The Labute approximate surface area is 657 Å². The Bertz CT molecular complexity index is 5610. The maximum Gasteiger partial charge on any atom is 0.410 e. The summed E-state index contributed by atoms with van der Waals surface area (Å²) in [4.78, 5) is 53.2. The highest BCUT2D eigenvalue weighted by Crippen LogP contribution is 2.38. The summed E-state index contributed by atoms with van der Waals surface area (Å²) in [6.07, 6.45) is 26.1. The van der Waals surface area contributed by atoms with Crippen LogP contribution in [0.3, 0.4) is 0 Å². The minimum atomic E-state index is -0.505. The number of methoxy groups -OCH3 is 6. The van der Waals surface area contributed by atoms with Crippen LogP contribution in [-0.4, -0.2) is 163 Å². The lowest BCUT2D eigenvalue weighted by molar-refractivity contribution is 0.0199. The van der Waals surface area contributed by atoms with Gasteiger partial charge in [0.1, 0.15) is 45.8 Å². The molecule has 2 N–H and O–H groups in total. The van der Waals surface area contributed by atoms with E-state index in [9.17, 15) is 4.79 Å². The summed E-state index contributed by atoms with van der Waals surface area (Å²) in [5.74, 6) is 20.4. The number of rotatable bonds is 21.